The Morgan fingerprint density at radius 1 is 1.54 bits per heavy atom. The summed E-state index contributed by atoms with van der Waals surface area (Å²) in [6.07, 6.45) is 1.48. The molecule has 5 nitrogen and oxygen atoms in total. The van der Waals surface area contributed by atoms with E-state index < -0.39 is 0 Å². The Balaban J connectivity index is 2.76. The van der Waals surface area contributed by atoms with Gasteiger partial charge >= 0.3 is 5.56 Å². The van der Waals surface area contributed by atoms with Crippen LogP contribution in [-0.4, -0.2) is 15.2 Å². The second kappa shape index (κ2) is 2.69. The van der Waals surface area contributed by atoms with Crippen LogP contribution in [0.4, 0.5) is 0 Å². The molecule has 0 atom stereocenters. The van der Waals surface area contributed by atoms with Gasteiger partial charge < -0.3 is 4.42 Å². The molecule has 2 aromatic heterocycles. The van der Waals surface area contributed by atoms with Crippen molar-refractivity contribution in [3.63, 3.8) is 0 Å². The van der Waals surface area contributed by atoms with Crippen molar-refractivity contribution in [2.45, 2.75) is 19.8 Å². The van der Waals surface area contributed by atoms with Gasteiger partial charge in [-0.15, -0.1) is 0 Å². The molecule has 68 valence electrons. The van der Waals surface area contributed by atoms with Gasteiger partial charge in [-0.25, -0.2) is 10.1 Å². The number of nitrogens with one attached hydrogen (secondary N) is 1. The SMILES string of the molecule is CC(C)c1nc2cn[nH]c(=O)c2o1. The fourth-order valence-electron chi connectivity index (χ4n) is 1.05. The Kier molecular flexibility index (Phi) is 1.65. The van der Waals surface area contributed by atoms with Gasteiger partial charge in [0, 0.05) is 5.92 Å². The lowest BCUT2D eigenvalue weighted by atomic mass is 10.2. The molecule has 0 fully saturated rings. The first kappa shape index (κ1) is 7.97. The van der Waals surface area contributed by atoms with Gasteiger partial charge in [-0.1, -0.05) is 13.8 Å². The summed E-state index contributed by atoms with van der Waals surface area (Å²) in [7, 11) is 0. The number of rotatable bonds is 1. The second-order valence-corrected chi connectivity index (χ2v) is 3.12. The molecule has 0 bridgehead atoms. The minimum Gasteiger partial charge on any atom is -0.434 e. The zero-order chi connectivity index (χ0) is 9.42. The third-order valence-electron chi connectivity index (χ3n) is 1.72. The van der Waals surface area contributed by atoms with Gasteiger partial charge in [0.25, 0.3) is 0 Å². The van der Waals surface area contributed by atoms with E-state index in [2.05, 4.69) is 15.2 Å². The molecule has 2 rings (SSSR count). The molecule has 0 aliphatic rings. The molecule has 1 N–H and O–H groups in total. The molecule has 0 aromatic carbocycles. The molecule has 0 aliphatic carbocycles. The average Bonchev–Trinajstić information content (AvgIpc) is 2.49. The normalized spacial score (nSPS) is 11.3. The van der Waals surface area contributed by atoms with Crippen LogP contribution < -0.4 is 5.56 Å². The maximum absolute atomic E-state index is 11.2. The van der Waals surface area contributed by atoms with E-state index in [9.17, 15) is 4.79 Å². The summed E-state index contributed by atoms with van der Waals surface area (Å²) >= 11 is 0. The van der Waals surface area contributed by atoms with Crippen LogP contribution in [0.3, 0.4) is 0 Å². The Hall–Kier alpha value is -1.65. The van der Waals surface area contributed by atoms with Crippen molar-refractivity contribution < 1.29 is 4.42 Å². The molecule has 0 unspecified atom stereocenters. The third kappa shape index (κ3) is 1.22. The van der Waals surface area contributed by atoms with E-state index in [1.54, 1.807) is 0 Å². The summed E-state index contributed by atoms with van der Waals surface area (Å²) in [5, 5.41) is 5.91. The van der Waals surface area contributed by atoms with E-state index in [1.807, 2.05) is 13.8 Å². The highest BCUT2D eigenvalue weighted by atomic mass is 16.4. The van der Waals surface area contributed by atoms with E-state index in [4.69, 9.17) is 4.42 Å². The number of H-pyrrole nitrogens is 1. The van der Waals surface area contributed by atoms with Crippen molar-refractivity contribution in [2.24, 2.45) is 0 Å². The first-order chi connectivity index (χ1) is 6.18. The molecule has 2 aromatic rings. The molecule has 0 aliphatic heterocycles. The summed E-state index contributed by atoms with van der Waals surface area (Å²) in [5.41, 5.74) is 0.419. The summed E-state index contributed by atoms with van der Waals surface area (Å²) < 4.78 is 5.27. The highest BCUT2D eigenvalue weighted by Crippen LogP contribution is 2.16. The third-order valence-corrected chi connectivity index (χ3v) is 1.72. The zero-order valence-electron chi connectivity index (χ0n) is 7.37. The van der Waals surface area contributed by atoms with Crippen LogP contribution in [0, 0.1) is 0 Å². The van der Waals surface area contributed by atoms with Gasteiger partial charge in [-0.05, 0) is 0 Å². The first-order valence-electron chi connectivity index (χ1n) is 4.02. The number of fused-ring (bicyclic) bond motifs is 1. The van der Waals surface area contributed by atoms with Crippen molar-refractivity contribution in [2.75, 3.05) is 0 Å². The molecular formula is C8H9N3O2. The number of aromatic nitrogens is 3. The second-order valence-electron chi connectivity index (χ2n) is 3.12. The van der Waals surface area contributed by atoms with Crippen LogP contribution in [0.5, 0.6) is 0 Å². The topological polar surface area (TPSA) is 71.8 Å². The minimum atomic E-state index is -0.336. The monoisotopic (exact) mass is 179 g/mol. The summed E-state index contributed by atoms with van der Waals surface area (Å²) in [5.74, 6) is 0.736. The molecular weight excluding hydrogens is 170 g/mol. The van der Waals surface area contributed by atoms with Crippen LogP contribution in [0.1, 0.15) is 25.7 Å². The number of aromatic amines is 1. The lowest BCUT2D eigenvalue weighted by Gasteiger charge is -1.93. The smallest absolute Gasteiger partial charge is 0.309 e. The van der Waals surface area contributed by atoms with E-state index >= 15 is 0 Å². The summed E-state index contributed by atoms with van der Waals surface area (Å²) in [6.45, 7) is 3.90. The maximum atomic E-state index is 11.2. The fraction of sp³-hybridized carbons (Fsp3) is 0.375. The minimum absolute atomic E-state index is 0.173. The van der Waals surface area contributed by atoms with Gasteiger partial charge in [-0.2, -0.15) is 5.10 Å². The highest BCUT2D eigenvalue weighted by Gasteiger charge is 2.11. The number of hydrogen-bond acceptors (Lipinski definition) is 4. The molecule has 13 heavy (non-hydrogen) atoms. The number of hydrogen-bond donors (Lipinski definition) is 1. The van der Waals surface area contributed by atoms with Crippen molar-refractivity contribution in [3.8, 4) is 0 Å². The molecule has 5 heteroatoms. The standard InChI is InChI=1S/C8H9N3O2/c1-4(2)8-10-5-3-9-11-7(12)6(5)13-8/h3-4H,1-2H3,(H,11,12). The van der Waals surface area contributed by atoms with Crippen LogP contribution in [0.15, 0.2) is 15.4 Å². The Morgan fingerprint density at radius 3 is 2.92 bits per heavy atom. The molecule has 0 saturated carbocycles. The predicted octanol–water partition coefficient (Wildman–Crippen LogP) is 1.03. The lowest BCUT2D eigenvalue weighted by Crippen LogP contribution is -2.05. The van der Waals surface area contributed by atoms with Crippen LogP contribution in [-0.2, 0) is 0 Å². The first-order valence-corrected chi connectivity index (χ1v) is 4.02. The zero-order valence-corrected chi connectivity index (χ0v) is 7.37. The van der Waals surface area contributed by atoms with Gasteiger partial charge in [0.2, 0.25) is 5.58 Å². The number of nitrogens with zero attached hydrogens (tertiary/aromatic N) is 2. The van der Waals surface area contributed by atoms with Crippen LogP contribution in [0.2, 0.25) is 0 Å². The summed E-state index contributed by atoms with van der Waals surface area (Å²) in [4.78, 5) is 15.3. The Labute approximate surface area is 73.8 Å². The Morgan fingerprint density at radius 2 is 2.31 bits per heavy atom. The van der Waals surface area contributed by atoms with Gasteiger partial charge in [0.1, 0.15) is 5.52 Å². The molecule has 0 saturated heterocycles. The van der Waals surface area contributed by atoms with Crippen molar-refractivity contribution >= 4 is 11.1 Å². The summed E-state index contributed by atoms with van der Waals surface area (Å²) in [6, 6.07) is 0. The van der Waals surface area contributed by atoms with E-state index in [-0.39, 0.29) is 17.1 Å². The molecule has 2 heterocycles. The fourth-order valence-corrected chi connectivity index (χ4v) is 1.05. The number of oxazole rings is 1. The van der Waals surface area contributed by atoms with Crippen molar-refractivity contribution in [1.29, 1.82) is 0 Å². The maximum Gasteiger partial charge on any atom is 0.309 e. The van der Waals surface area contributed by atoms with Crippen molar-refractivity contribution in [3.05, 3.63) is 22.4 Å². The van der Waals surface area contributed by atoms with Crippen LogP contribution >= 0.6 is 0 Å². The Bertz CT molecular complexity index is 483. The quantitative estimate of drug-likeness (QED) is 0.709. The average molecular weight is 179 g/mol. The molecule has 0 radical (unpaired) electrons. The van der Waals surface area contributed by atoms with E-state index in [1.165, 1.54) is 6.20 Å². The van der Waals surface area contributed by atoms with Crippen molar-refractivity contribution in [1.82, 2.24) is 15.2 Å². The van der Waals surface area contributed by atoms with Gasteiger partial charge in [0.15, 0.2) is 5.89 Å². The highest BCUT2D eigenvalue weighted by molar-refractivity contribution is 5.69. The van der Waals surface area contributed by atoms with E-state index in [0.29, 0.717) is 11.4 Å². The van der Waals surface area contributed by atoms with Gasteiger partial charge in [0.05, 0.1) is 6.20 Å². The molecule has 0 amide bonds. The van der Waals surface area contributed by atoms with E-state index in [0.717, 1.165) is 0 Å². The van der Waals surface area contributed by atoms with Crippen LogP contribution in [0.25, 0.3) is 11.1 Å². The molecule has 0 spiro atoms. The van der Waals surface area contributed by atoms with Gasteiger partial charge in [-0.3, -0.25) is 4.79 Å². The predicted molar refractivity (Wildman–Crippen MR) is 46.5 cm³/mol. The largest absolute Gasteiger partial charge is 0.434 e. The lowest BCUT2D eigenvalue weighted by molar-refractivity contribution is 0.498.